The predicted molar refractivity (Wildman–Crippen MR) is 135 cm³/mol. The summed E-state index contributed by atoms with van der Waals surface area (Å²) in [5.74, 6) is -1.47. The van der Waals surface area contributed by atoms with E-state index in [1.165, 1.54) is 30.9 Å². The predicted octanol–water partition coefficient (Wildman–Crippen LogP) is 3.00. The molecule has 0 radical (unpaired) electrons. The number of urea groups is 1. The number of quaternary nitrogens is 1. The van der Waals surface area contributed by atoms with E-state index < -0.39 is 45.9 Å². The highest BCUT2D eigenvalue weighted by atomic mass is 16.6. The van der Waals surface area contributed by atoms with E-state index in [9.17, 15) is 19.2 Å². The Hall–Kier alpha value is -3.86. The fraction of sp³-hybridized carbons (Fsp3) is 0.462. The summed E-state index contributed by atoms with van der Waals surface area (Å²) in [6.07, 6.45) is -0.610. The van der Waals surface area contributed by atoms with Crippen molar-refractivity contribution in [2.45, 2.75) is 58.9 Å². The van der Waals surface area contributed by atoms with Crippen molar-refractivity contribution in [2.75, 3.05) is 21.1 Å². The number of ether oxygens (including phenoxy) is 2. The fourth-order valence-corrected chi connectivity index (χ4v) is 4.18. The third-order valence-electron chi connectivity index (χ3n) is 5.77. The summed E-state index contributed by atoms with van der Waals surface area (Å²) in [6, 6.07) is 8.22. The zero-order chi connectivity index (χ0) is 28.1. The summed E-state index contributed by atoms with van der Waals surface area (Å²) in [6.45, 7) is 10.1. The van der Waals surface area contributed by atoms with Gasteiger partial charge in [0.15, 0.2) is 5.70 Å². The molecule has 11 nitrogen and oxygen atoms in total. The van der Waals surface area contributed by atoms with Gasteiger partial charge in [-0.1, -0.05) is 34.8 Å². The van der Waals surface area contributed by atoms with Crippen molar-refractivity contribution in [2.24, 2.45) is 5.73 Å². The molecule has 2 aliphatic heterocycles. The Morgan fingerprint density at radius 1 is 0.973 bits per heavy atom. The van der Waals surface area contributed by atoms with E-state index in [2.05, 4.69) is 0 Å². The first kappa shape index (κ1) is 27.7. The van der Waals surface area contributed by atoms with E-state index in [1.807, 2.05) is 18.2 Å². The lowest BCUT2D eigenvalue weighted by atomic mass is 10.2. The van der Waals surface area contributed by atoms with Gasteiger partial charge in [0.2, 0.25) is 6.17 Å². The minimum absolute atomic E-state index is 0.0250. The Morgan fingerprint density at radius 2 is 1.51 bits per heavy atom. The van der Waals surface area contributed by atoms with Crippen LogP contribution in [0, 0.1) is 0 Å². The van der Waals surface area contributed by atoms with Gasteiger partial charge in [0.05, 0.1) is 7.05 Å². The first-order valence-electron chi connectivity index (χ1n) is 11.8. The lowest BCUT2D eigenvalue weighted by molar-refractivity contribution is -0.730. The summed E-state index contributed by atoms with van der Waals surface area (Å²) < 4.78 is 10.2. The van der Waals surface area contributed by atoms with Crippen LogP contribution in [0.1, 0.15) is 47.1 Å². The number of carbonyl (C=O) groups excluding carboxylic acids is 4. The third-order valence-corrected chi connectivity index (χ3v) is 5.77. The van der Waals surface area contributed by atoms with Crippen LogP contribution < -0.4 is 5.73 Å². The molecule has 0 saturated heterocycles. The largest absolute Gasteiger partial charge is 0.532 e. The minimum atomic E-state index is -1.27. The quantitative estimate of drug-likeness (QED) is 0.479. The van der Waals surface area contributed by atoms with Crippen LogP contribution in [0.2, 0.25) is 0 Å². The molecule has 1 aromatic rings. The van der Waals surface area contributed by atoms with Crippen LogP contribution in [0.15, 0.2) is 47.7 Å². The van der Waals surface area contributed by atoms with Crippen LogP contribution in [0.3, 0.4) is 0 Å². The Labute approximate surface area is 217 Å². The molecule has 2 heterocycles. The van der Waals surface area contributed by atoms with E-state index in [0.29, 0.717) is 5.56 Å². The molecule has 37 heavy (non-hydrogen) atoms. The molecule has 1 aromatic carbocycles. The first-order chi connectivity index (χ1) is 16.9. The zero-order valence-corrected chi connectivity index (χ0v) is 22.9. The second kappa shape index (κ2) is 9.22. The van der Waals surface area contributed by atoms with Gasteiger partial charge in [0.1, 0.15) is 17.0 Å². The maximum Gasteiger partial charge on any atom is 0.532 e. The van der Waals surface area contributed by atoms with Crippen LogP contribution in [-0.4, -0.2) is 81.7 Å². The smallest absolute Gasteiger partial charge is 0.457 e. The highest BCUT2D eigenvalue weighted by Gasteiger charge is 2.65. The second-order valence-corrected chi connectivity index (χ2v) is 11.2. The number of esters is 1. The number of rotatable bonds is 3. The third kappa shape index (κ3) is 5.04. The molecule has 0 aliphatic carbocycles. The molecule has 0 saturated carbocycles. The Balaban J connectivity index is 2.30. The van der Waals surface area contributed by atoms with Gasteiger partial charge < -0.3 is 20.1 Å². The summed E-state index contributed by atoms with van der Waals surface area (Å²) in [5.41, 5.74) is 5.43. The topological polar surface area (TPSA) is 122 Å². The van der Waals surface area contributed by atoms with Crippen molar-refractivity contribution in [1.82, 2.24) is 14.7 Å². The van der Waals surface area contributed by atoms with Crippen LogP contribution in [-0.2, 0) is 19.1 Å². The van der Waals surface area contributed by atoms with Crippen molar-refractivity contribution in [1.29, 1.82) is 0 Å². The SMILES string of the molecule is CN1C(=O)C2=C(N(C(N)=Cc3ccccc3)C(C(=O)OC(C)(C)C)N2C)[N+](C)(C(=O)OC(C)(C)C)C1=O. The van der Waals surface area contributed by atoms with E-state index in [1.54, 1.807) is 59.8 Å². The number of carbonyl (C=O) groups is 4. The van der Waals surface area contributed by atoms with Gasteiger partial charge in [0.25, 0.3) is 11.7 Å². The van der Waals surface area contributed by atoms with Crippen molar-refractivity contribution in [3.63, 3.8) is 0 Å². The second-order valence-electron chi connectivity index (χ2n) is 11.2. The Morgan fingerprint density at radius 3 is 2.03 bits per heavy atom. The van der Waals surface area contributed by atoms with E-state index in [-0.39, 0.29) is 17.3 Å². The summed E-state index contributed by atoms with van der Waals surface area (Å²) in [5, 5.41) is 0. The number of likely N-dealkylation sites (N-methyl/N-ethyl adjacent to an activating group) is 2. The first-order valence-corrected chi connectivity index (χ1v) is 11.8. The number of nitrogens with zero attached hydrogens (tertiary/aromatic N) is 4. The highest BCUT2D eigenvalue weighted by Crippen LogP contribution is 2.42. The van der Waals surface area contributed by atoms with Crippen LogP contribution in [0.5, 0.6) is 0 Å². The Kier molecular flexibility index (Phi) is 6.91. The lowest BCUT2D eigenvalue weighted by Gasteiger charge is -2.38. The number of hydrogen-bond acceptors (Lipinski definition) is 9. The number of nitrogens with two attached hydrogens (primary N) is 1. The van der Waals surface area contributed by atoms with Gasteiger partial charge in [-0.2, -0.15) is 4.79 Å². The van der Waals surface area contributed by atoms with Crippen molar-refractivity contribution >= 4 is 30.1 Å². The molecule has 11 heteroatoms. The molecule has 2 atom stereocenters. The molecule has 0 spiro atoms. The van der Waals surface area contributed by atoms with Crippen molar-refractivity contribution in [3.05, 3.63) is 53.2 Å². The number of imide groups is 2. The van der Waals surface area contributed by atoms with Gasteiger partial charge >= 0.3 is 18.1 Å². The molecule has 4 amide bonds. The molecule has 0 aromatic heterocycles. The molecule has 0 fully saturated rings. The van der Waals surface area contributed by atoms with Crippen LogP contribution in [0.4, 0.5) is 9.59 Å². The molecule has 2 unspecified atom stereocenters. The number of hydrogen-bond donors (Lipinski definition) is 1. The molecule has 3 rings (SSSR count). The lowest BCUT2D eigenvalue weighted by Crippen LogP contribution is -2.65. The molecule has 2 N–H and O–H groups in total. The van der Waals surface area contributed by atoms with E-state index in [0.717, 1.165) is 4.90 Å². The van der Waals surface area contributed by atoms with Gasteiger partial charge in [0, 0.05) is 14.1 Å². The highest BCUT2D eigenvalue weighted by molar-refractivity contribution is 6.07. The molecule has 0 bridgehead atoms. The van der Waals surface area contributed by atoms with E-state index in [4.69, 9.17) is 15.2 Å². The molecule has 200 valence electrons. The average Bonchev–Trinajstić information content (AvgIpc) is 3.08. The Bertz CT molecular complexity index is 1190. The fourth-order valence-electron chi connectivity index (χ4n) is 4.18. The normalized spacial score (nSPS) is 22.9. The summed E-state index contributed by atoms with van der Waals surface area (Å²) in [7, 11) is 4.11. The minimum Gasteiger partial charge on any atom is -0.457 e. The standard InChI is InChI=1S/C26H36N5O6/c1-25(2,3)36-22(33)19-28(7)18-20(30(19)17(27)15-16-13-11-10-12-14-16)31(9,23(34)29(8)21(18)32)24(35)37-26(4,5)6/h10-15,19H,27H2,1-9H3/q+1. The van der Waals surface area contributed by atoms with Crippen LogP contribution >= 0.6 is 0 Å². The number of benzene rings is 1. The molecular formula is C26H36N5O6+. The van der Waals surface area contributed by atoms with Gasteiger partial charge in [-0.05, 0) is 53.2 Å². The molecular weight excluding hydrogens is 478 g/mol. The zero-order valence-electron chi connectivity index (χ0n) is 22.9. The average molecular weight is 515 g/mol. The summed E-state index contributed by atoms with van der Waals surface area (Å²) >= 11 is 0. The van der Waals surface area contributed by atoms with Crippen LogP contribution in [0.25, 0.3) is 6.08 Å². The number of amides is 4. The van der Waals surface area contributed by atoms with Crippen molar-refractivity contribution in [3.8, 4) is 0 Å². The van der Waals surface area contributed by atoms with Gasteiger partial charge in [-0.3, -0.25) is 4.79 Å². The van der Waals surface area contributed by atoms with Gasteiger partial charge in [-0.15, -0.1) is 0 Å². The maximum absolute atomic E-state index is 13.6. The monoisotopic (exact) mass is 514 g/mol. The van der Waals surface area contributed by atoms with E-state index >= 15 is 0 Å². The molecule has 2 aliphatic rings. The van der Waals surface area contributed by atoms with Crippen molar-refractivity contribution < 1.29 is 33.1 Å². The summed E-state index contributed by atoms with van der Waals surface area (Å²) in [4.78, 5) is 57.6. The van der Waals surface area contributed by atoms with Gasteiger partial charge in [-0.25, -0.2) is 19.4 Å². The maximum atomic E-state index is 13.6.